The minimum Gasteiger partial charge on any atom is -0.507 e. The van der Waals surface area contributed by atoms with Gasteiger partial charge in [0, 0.05) is 18.5 Å². The number of nitrogens with zero attached hydrogens (tertiary/aromatic N) is 1. The number of carbonyl (C=O) groups is 2. The van der Waals surface area contributed by atoms with Crippen LogP contribution in [-0.4, -0.2) is 48.1 Å². The minimum absolute atomic E-state index is 0.0438. The number of amides is 1. The molecule has 3 aromatic rings. The van der Waals surface area contributed by atoms with Crippen molar-refractivity contribution >= 4 is 17.4 Å². The number of Topliss-reactive ketones (excluding diaryl/α,β-unsaturated/α-hetero) is 1. The van der Waals surface area contributed by atoms with E-state index in [4.69, 9.17) is 14.2 Å². The molecule has 2 aliphatic heterocycles. The first-order valence-electron chi connectivity index (χ1n) is 12.8. The lowest BCUT2D eigenvalue weighted by molar-refractivity contribution is -0.139. The minimum atomic E-state index is -0.785. The van der Waals surface area contributed by atoms with Crippen LogP contribution in [0.25, 0.3) is 5.76 Å². The summed E-state index contributed by atoms with van der Waals surface area (Å²) in [6, 6.07) is 19.7. The Morgan fingerprint density at radius 2 is 1.84 bits per heavy atom. The number of likely N-dealkylation sites (tertiary alicyclic amines) is 1. The summed E-state index contributed by atoms with van der Waals surface area (Å²) in [6.07, 6.45) is 1.32. The van der Waals surface area contributed by atoms with Gasteiger partial charge in [-0.1, -0.05) is 36.4 Å². The zero-order chi connectivity index (χ0) is 26.8. The van der Waals surface area contributed by atoms with Gasteiger partial charge in [-0.05, 0) is 67.3 Å². The Bertz CT molecular complexity index is 1400. The van der Waals surface area contributed by atoms with Gasteiger partial charge in [0.1, 0.15) is 17.6 Å². The number of aliphatic hydroxyl groups excluding tert-OH is 1. The Kier molecular flexibility index (Phi) is 7.09. The lowest BCUT2D eigenvalue weighted by atomic mass is 9.94. The third kappa shape index (κ3) is 4.72. The predicted molar refractivity (Wildman–Crippen MR) is 144 cm³/mol. The van der Waals surface area contributed by atoms with Crippen molar-refractivity contribution in [1.29, 1.82) is 0 Å². The van der Waals surface area contributed by atoms with E-state index in [0.717, 1.165) is 16.9 Å². The zero-order valence-electron chi connectivity index (χ0n) is 21.8. The first kappa shape index (κ1) is 25.4. The molecular weight excluding hydrogens is 482 g/mol. The third-order valence-corrected chi connectivity index (χ3v) is 7.00. The van der Waals surface area contributed by atoms with Gasteiger partial charge < -0.3 is 24.2 Å². The number of carbonyl (C=O) groups excluding carboxylic acids is 2. The van der Waals surface area contributed by atoms with Gasteiger partial charge in [0.15, 0.2) is 11.5 Å². The van der Waals surface area contributed by atoms with Crippen LogP contribution in [0, 0.1) is 0 Å². The van der Waals surface area contributed by atoms with Gasteiger partial charge in [0.2, 0.25) is 0 Å². The van der Waals surface area contributed by atoms with E-state index in [2.05, 4.69) is 0 Å². The summed E-state index contributed by atoms with van der Waals surface area (Å²) in [6.45, 7) is 4.64. The summed E-state index contributed by atoms with van der Waals surface area (Å²) in [5, 5.41) is 11.5. The predicted octanol–water partition coefficient (Wildman–Crippen LogP) is 5.08. The van der Waals surface area contributed by atoms with Crippen molar-refractivity contribution in [3.8, 4) is 17.2 Å². The summed E-state index contributed by atoms with van der Waals surface area (Å²) in [5.41, 5.74) is 3.19. The van der Waals surface area contributed by atoms with Crippen LogP contribution in [0.4, 0.5) is 0 Å². The molecule has 1 N–H and O–H groups in total. The fourth-order valence-electron chi connectivity index (χ4n) is 5.21. The summed E-state index contributed by atoms with van der Waals surface area (Å²) >= 11 is 0. The van der Waals surface area contributed by atoms with Crippen molar-refractivity contribution in [1.82, 2.24) is 4.90 Å². The molecule has 1 saturated heterocycles. The molecule has 196 valence electrons. The molecule has 7 nitrogen and oxygen atoms in total. The fourth-order valence-corrected chi connectivity index (χ4v) is 5.21. The summed E-state index contributed by atoms with van der Waals surface area (Å²) < 4.78 is 17.0. The van der Waals surface area contributed by atoms with Crippen molar-refractivity contribution in [2.24, 2.45) is 0 Å². The van der Waals surface area contributed by atoms with Gasteiger partial charge in [-0.3, -0.25) is 9.59 Å². The number of fused-ring (bicyclic) bond motifs is 1. The molecular formula is C31H31NO6. The second kappa shape index (κ2) is 10.6. The highest BCUT2D eigenvalue weighted by Crippen LogP contribution is 2.42. The molecule has 2 atom stereocenters. The molecule has 2 aliphatic rings. The monoisotopic (exact) mass is 513 g/mol. The van der Waals surface area contributed by atoms with Gasteiger partial charge >= 0.3 is 0 Å². The number of ether oxygens (including phenoxy) is 3. The summed E-state index contributed by atoms with van der Waals surface area (Å²) in [5.74, 6) is 0.266. The average molecular weight is 514 g/mol. The lowest BCUT2D eigenvalue weighted by Crippen LogP contribution is -2.31. The number of ketones is 1. The van der Waals surface area contributed by atoms with Gasteiger partial charge in [0.05, 0.1) is 25.3 Å². The highest BCUT2D eigenvalue weighted by atomic mass is 16.5. The first-order chi connectivity index (χ1) is 18.4. The van der Waals surface area contributed by atoms with Crippen molar-refractivity contribution in [3.05, 3.63) is 94.6 Å². The quantitative estimate of drug-likeness (QED) is 0.257. The number of methoxy groups -OCH3 is 1. The van der Waals surface area contributed by atoms with Crippen molar-refractivity contribution < 1.29 is 28.9 Å². The largest absolute Gasteiger partial charge is 0.507 e. The third-order valence-electron chi connectivity index (χ3n) is 7.00. The number of benzene rings is 3. The molecule has 0 bridgehead atoms. The summed E-state index contributed by atoms with van der Waals surface area (Å²) in [7, 11) is 1.54. The fraction of sp³-hybridized carbons (Fsp3) is 0.290. The molecule has 0 saturated carbocycles. The highest BCUT2D eigenvalue weighted by Gasteiger charge is 2.46. The normalized spacial score (nSPS) is 19.8. The topological polar surface area (TPSA) is 85.3 Å². The van der Waals surface area contributed by atoms with Gasteiger partial charge in [0.25, 0.3) is 11.7 Å². The van der Waals surface area contributed by atoms with E-state index in [0.29, 0.717) is 48.6 Å². The second-order valence-corrected chi connectivity index (χ2v) is 9.53. The van der Waals surface area contributed by atoms with E-state index in [1.165, 1.54) is 4.90 Å². The van der Waals surface area contributed by atoms with E-state index in [1.54, 1.807) is 31.4 Å². The highest BCUT2D eigenvalue weighted by molar-refractivity contribution is 6.46. The Morgan fingerprint density at radius 3 is 2.58 bits per heavy atom. The van der Waals surface area contributed by atoms with Crippen LogP contribution in [0.1, 0.15) is 42.1 Å². The van der Waals surface area contributed by atoms with Crippen molar-refractivity contribution in [3.63, 3.8) is 0 Å². The standard InChI is InChI=1S/C31H31NO6/c1-4-37-25-13-10-21(18-26(25)36-3)28-27(29(33)22-11-12-24-23(17-22)16-19(2)38-24)30(34)31(35)32(28)15-14-20-8-6-5-7-9-20/h5-13,17-19,28,33H,4,14-16H2,1-3H3/b29-27+/t19-,28-/m0/s1. The van der Waals surface area contributed by atoms with Gasteiger partial charge in [-0.15, -0.1) is 0 Å². The zero-order valence-corrected chi connectivity index (χ0v) is 21.8. The number of aliphatic hydroxyl groups is 1. The second-order valence-electron chi connectivity index (χ2n) is 9.53. The molecule has 0 spiro atoms. The van der Waals surface area contributed by atoms with E-state index < -0.39 is 17.7 Å². The maximum atomic E-state index is 13.4. The molecule has 0 radical (unpaired) electrons. The maximum Gasteiger partial charge on any atom is 0.295 e. The van der Waals surface area contributed by atoms with E-state index in [1.807, 2.05) is 56.3 Å². The molecule has 7 heteroatoms. The van der Waals surface area contributed by atoms with Crippen LogP contribution in [0.5, 0.6) is 17.2 Å². The Morgan fingerprint density at radius 1 is 1.05 bits per heavy atom. The molecule has 2 heterocycles. The molecule has 0 aliphatic carbocycles. The van der Waals surface area contributed by atoms with E-state index >= 15 is 0 Å². The molecule has 38 heavy (non-hydrogen) atoms. The summed E-state index contributed by atoms with van der Waals surface area (Å²) in [4.78, 5) is 28.3. The average Bonchev–Trinajstić information content (AvgIpc) is 3.43. The van der Waals surface area contributed by atoms with Crippen LogP contribution in [0.2, 0.25) is 0 Å². The van der Waals surface area contributed by atoms with Crippen molar-refractivity contribution in [2.75, 3.05) is 20.3 Å². The maximum absolute atomic E-state index is 13.4. The van der Waals surface area contributed by atoms with Crippen LogP contribution in [-0.2, 0) is 22.4 Å². The molecule has 0 aromatic heterocycles. The molecule has 5 rings (SSSR count). The molecule has 1 fully saturated rings. The lowest BCUT2D eigenvalue weighted by Gasteiger charge is -2.26. The molecule has 3 aromatic carbocycles. The molecule has 1 amide bonds. The Hall–Kier alpha value is -4.26. The van der Waals surface area contributed by atoms with E-state index in [-0.39, 0.29) is 17.4 Å². The Labute approximate surface area is 222 Å². The van der Waals surface area contributed by atoms with Gasteiger partial charge in [-0.2, -0.15) is 0 Å². The van der Waals surface area contributed by atoms with Crippen molar-refractivity contribution in [2.45, 2.75) is 38.8 Å². The van der Waals surface area contributed by atoms with Crippen LogP contribution < -0.4 is 14.2 Å². The van der Waals surface area contributed by atoms with Crippen LogP contribution >= 0.6 is 0 Å². The number of hydrogen-bond acceptors (Lipinski definition) is 6. The van der Waals surface area contributed by atoms with E-state index in [9.17, 15) is 14.7 Å². The Balaban J connectivity index is 1.60. The number of rotatable bonds is 8. The smallest absolute Gasteiger partial charge is 0.295 e. The van der Waals surface area contributed by atoms with Crippen LogP contribution in [0.3, 0.4) is 0 Å². The van der Waals surface area contributed by atoms with Crippen LogP contribution in [0.15, 0.2) is 72.3 Å². The SMILES string of the molecule is CCOc1ccc([C@H]2/C(=C(\O)c3ccc4c(c3)C[C@H](C)O4)C(=O)C(=O)N2CCc2ccccc2)cc1OC. The number of hydrogen-bond donors (Lipinski definition) is 1. The van der Waals surface area contributed by atoms with Gasteiger partial charge in [-0.25, -0.2) is 0 Å². The molecule has 0 unspecified atom stereocenters. The first-order valence-corrected chi connectivity index (χ1v) is 12.8.